The molecule has 0 radical (unpaired) electrons. The molecule has 1 N–H and O–H groups in total. The molecule has 3 aromatic rings. The second-order valence-corrected chi connectivity index (χ2v) is 8.41. The van der Waals surface area contributed by atoms with Crippen molar-refractivity contribution < 1.29 is 14.3 Å². The van der Waals surface area contributed by atoms with Crippen LogP contribution < -0.4 is 0 Å². The average molecular weight is 425 g/mol. The smallest absolute Gasteiger partial charge is 0.256 e. The molecule has 0 bridgehead atoms. The SMILES string of the molecule is CC[C@](C)(O)c1nc([C@@H]2CC[C@@H](C)N(C(=O)c3ccccc3-n3ncnn3)C2)oc1C. The molecule has 0 saturated carbocycles. The van der Waals surface area contributed by atoms with Crippen molar-refractivity contribution in [3.8, 4) is 5.69 Å². The highest BCUT2D eigenvalue weighted by Crippen LogP contribution is 2.34. The molecule has 1 amide bonds. The number of rotatable bonds is 5. The van der Waals surface area contributed by atoms with Gasteiger partial charge < -0.3 is 14.4 Å². The standard InChI is InChI=1S/C22H28N6O3/c1-5-22(4,30)19-15(3)31-20(25-19)16-11-10-14(2)27(12-16)21(29)17-8-6-7-9-18(17)28-24-13-23-26-28/h6-9,13-14,16,30H,5,10-12H2,1-4H3/t14-,16-,22+/m1/s1. The lowest BCUT2D eigenvalue weighted by atomic mass is 9.92. The summed E-state index contributed by atoms with van der Waals surface area (Å²) in [5.41, 5.74) is 0.649. The first kappa shape index (κ1) is 21.2. The summed E-state index contributed by atoms with van der Waals surface area (Å²) in [4.78, 5) is 21.4. The molecule has 9 nitrogen and oxygen atoms in total. The summed E-state index contributed by atoms with van der Waals surface area (Å²) in [5, 5.41) is 22.4. The first-order valence-electron chi connectivity index (χ1n) is 10.7. The van der Waals surface area contributed by atoms with Gasteiger partial charge in [0.05, 0.1) is 11.5 Å². The number of para-hydroxylation sites is 1. The molecule has 1 aromatic carbocycles. The van der Waals surface area contributed by atoms with Gasteiger partial charge in [0.15, 0.2) is 12.2 Å². The molecule has 4 rings (SSSR count). The van der Waals surface area contributed by atoms with Gasteiger partial charge in [-0.1, -0.05) is 19.1 Å². The fourth-order valence-electron chi connectivity index (χ4n) is 4.11. The van der Waals surface area contributed by atoms with Crippen molar-refractivity contribution in [2.24, 2.45) is 0 Å². The van der Waals surface area contributed by atoms with Crippen molar-refractivity contribution >= 4 is 5.91 Å². The second-order valence-electron chi connectivity index (χ2n) is 8.41. The lowest BCUT2D eigenvalue weighted by Crippen LogP contribution is -2.45. The molecule has 0 spiro atoms. The van der Waals surface area contributed by atoms with Gasteiger partial charge in [-0.2, -0.15) is 0 Å². The number of amides is 1. The summed E-state index contributed by atoms with van der Waals surface area (Å²) >= 11 is 0. The number of carbonyl (C=O) groups excluding carboxylic acids is 1. The van der Waals surface area contributed by atoms with E-state index in [-0.39, 0.29) is 17.9 Å². The van der Waals surface area contributed by atoms with Gasteiger partial charge in [-0.05, 0) is 57.4 Å². The molecule has 3 heterocycles. The first-order valence-corrected chi connectivity index (χ1v) is 10.7. The molecular weight excluding hydrogens is 396 g/mol. The first-order chi connectivity index (χ1) is 14.8. The highest BCUT2D eigenvalue weighted by Gasteiger charge is 2.36. The van der Waals surface area contributed by atoms with Crippen molar-refractivity contribution in [2.45, 2.75) is 64.5 Å². The number of nitrogens with zero attached hydrogens (tertiary/aromatic N) is 6. The summed E-state index contributed by atoms with van der Waals surface area (Å²) in [5.74, 6) is 1.09. The van der Waals surface area contributed by atoms with E-state index in [0.717, 1.165) is 12.8 Å². The highest BCUT2D eigenvalue weighted by atomic mass is 16.4. The number of hydrogen-bond acceptors (Lipinski definition) is 7. The van der Waals surface area contributed by atoms with Gasteiger partial charge in [-0.25, -0.2) is 4.98 Å². The van der Waals surface area contributed by atoms with Crippen LogP contribution in [0.25, 0.3) is 5.69 Å². The van der Waals surface area contributed by atoms with Crippen LogP contribution in [0.1, 0.15) is 73.7 Å². The van der Waals surface area contributed by atoms with Gasteiger partial charge >= 0.3 is 0 Å². The van der Waals surface area contributed by atoms with Crippen LogP contribution in [0, 0.1) is 6.92 Å². The van der Waals surface area contributed by atoms with Crippen molar-refractivity contribution in [3.05, 3.63) is 53.5 Å². The Hall–Kier alpha value is -3.07. The maximum absolute atomic E-state index is 13.5. The van der Waals surface area contributed by atoms with Crippen LogP contribution in [0.15, 0.2) is 35.0 Å². The number of carbonyl (C=O) groups is 1. The Morgan fingerprint density at radius 2 is 2.10 bits per heavy atom. The monoisotopic (exact) mass is 424 g/mol. The molecule has 31 heavy (non-hydrogen) atoms. The third-order valence-corrected chi connectivity index (χ3v) is 6.20. The predicted molar refractivity (Wildman–Crippen MR) is 113 cm³/mol. The van der Waals surface area contributed by atoms with E-state index in [0.29, 0.717) is 41.6 Å². The van der Waals surface area contributed by atoms with Crippen LogP contribution in [0.4, 0.5) is 0 Å². The minimum Gasteiger partial charge on any atom is -0.445 e. The topological polar surface area (TPSA) is 110 Å². The fourth-order valence-corrected chi connectivity index (χ4v) is 4.11. The summed E-state index contributed by atoms with van der Waals surface area (Å²) in [6.45, 7) is 8.03. The van der Waals surface area contributed by atoms with Crippen LogP contribution in [-0.4, -0.2) is 53.7 Å². The Morgan fingerprint density at radius 1 is 1.32 bits per heavy atom. The summed E-state index contributed by atoms with van der Waals surface area (Å²) in [7, 11) is 0. The van der Waals surface area contributed by atoms with Crippen LogP contribution in [-0.2, 0) is 5.60 Å². The maximum atomic E-state index is 13.5. The number of benzene rings is 1. The number of likely N-dealkylation sites (tertiary alicyclic amines) is 1. The number of tetrazole rings is 1. The Morgan fingerprint density at radius 3 is 2.81 bits per heavy atom. The largest absolute Gasteiger partial charge is 0.445 e. The van der Waals surface area contributed by atoms with Gasteiger partial charge in [0.25, 0.3) is 5.91 Å². The Labute approximate surface area is 181 Å². The number of aromatic nitrogens is 5. The van der Waals surface area contributed by atoms with Crippen LogP contribution >= 0.6 is 0 Å². The molecule has 3 atom stereocenters. The van der Waals surface area contributed by atoms with E-state index in [4.69, 9.17) is 4.42 Å². The molecule has 1 aliphatic rings. The maximum Gasteiger partial charge on any atom is 0.256 e. The number of hydrogen-bond donors (Lipinski definition) is 1. The van der Waals surface area contributed by atoms with Crippen molar-refractivity contribution in [2.75, 3.05) is 6.54 Å². The molecule has 9 heteroatoms. The van der Waals surface area contributed by atoms with Gasteiger partial charge in [0.2, 0.25) is 0 Å². The Balaban J connectivity index is 1.61. The van der Waals surface area contributed by atoms with Crippen molar-refractivity contribution in [3.63, 3.8) is 0 Å². The lowest BCUT2D eigenvalue weighted by molar-refractivity contribution is 0.0473. The highest BCUT2D eigenvalue weighted by molar-refractivity contribution is 5.98. The van der Waals surface area contributed by atoms with E-state index in [1.807, 2.05) is 30.9 Å². The van der Waals surface area contributed by atoms with E-state index < -0.39 is 5.60 Å². The summed E-state index contributed by atoms with van der Waals surface area (Å²) in [6.07, 6.45) is 3.58. The van der Waals surface area contributed by atoms with E-state index in [1.54, 1.807) is 19.1 Å². The zero-order valence-electron chi connectivity index (χ0n) is 18.3. The molecule has 1 fully saturated rings. The van der Waals surface area contributed by atoms with E-state index in [1.165, 1.54) is 11.1 Å². The number of oxazole rings is 1. The molecule has 1 aliphatic heterocycles. The molecule has 0 aliphatic carbocycles. The number of piperidine rings is 1. The molecule has 1 saturated heterocycles. The Kier molecular flexibility index (Phi) is 5.62. The quantitative estimate of drug-likeness (QED) is 0.670. The van der Waals surface area contributed by atoms with Crippen LogP contribution in [0.3, 0.4) is 0 Å². The number of aliphatic hydroxyl groups is 1. The number of aryl methyl sites for hydroxylation is 1. The normalized spacial score (nSPS) is 21.1. The van der Waals surface area contributed by atoms with Crippen LogP contribution in [0.2, 0.25) is 0 Å². The van der Waals surface area contributed by atoms with Gasteiger partial charge in [-0.3, -0.25) is 4.79 Å². The van der Waals surface area contributed by atoms with Gasteiger partial charge in [-0.15, -0.1) is 15.0 Å². The molecule has 164 valence electrons. The van der Waals surface area contributed by atoms with E-state index in [2.05, 4.69) is 27.3 Å². The summed E-state index contributed by atoms with van der Waals surface area (Å²) in [6, 6.07) is 7.33. The van der Waals surface area contributed by atoms with Crippen LogP contribution in [0.5, 0.6) is 0 Å². The molecule has 2 aromatic heterocycles. The van der Waals surface area contributed by atoms with Gasteiger partial charge in [0, 0.05) is 12.6 Å². The molecule has 0 unspecified atom stereocenters. The van der Waals surface area contributed by atoms with Crippen molar-refractivity contribution in [1.82, 2.24) is 30.1 Å². The van der Waals surface area contributed by atoms with Crippen molar-refractivity contribution in [1.29, 1.82) is 0 Å². The third-order valence-electron chi connectivity index (χ3n) is 6.20. The van der Waals surface area contributed by atoms with Gasteiger partial charge in [0.1, 0.15) is 22.7 Å². The van der Waals surface area contributed by atoms with E-state index in [9.17, 15) is 9.90 Å². The predicted octanol–water partition coefficient (Wildman–Crippen LogP) is 2.98. The molecular formula is C22H28N6O3. The average Bonchev–Trinajstić information content (AvgIpc) is 3.44. The fraction of sp³-hybridized carbons (Fsp3) is 0.500. The third kappa shape index (κ3) is 3.97. The minimum absolute atomic E-state index is 0.0306. The Bertz CT molecular complexity index is 1060. The zero-order chi connectivity index (χ0) is 22.2. The minimum atomic E-state index is -1.03. The lowest BCUT2D eigenvalue weighted by Gasteiger charge is -2.37. The summed E-state index contributed by atoms with van der Waals surface area (Å²) < 4.78 is 5.95. The van der Waals surface area contributed by atoms with E-state index >= 15 is 0 Å². The zero-order valence-corrected chi connectivity index (χ0v) is 18.3. The second kappa shape index (κ2) is 8.22.